The van der Waals surface area contributed by atoms with Crippen molar-refractivity contribution < 1.29 is 13.9 Å². The Kier molecular flexibility index (Phi) is 5.16. The summed E-state index contributed by atoms with van der Waals surface area (Å²) in [6.07, 6.45) is 3.53. The lowest BCUT2D eigenvalue weighted by molar-refractivity contribution is 0.190. The monoisotopic (exact) mass is 347 g/mol. The van der Waals surface area contributed by atoms with Gasteiger partial charge in [0, 0.05) is 31.6 Å². The Hall–Kier alpha value is -2.64. The first-order valence-electron chi connectivity index (χ1n) is 8.39. The number of hydrogen-bond acceptors (Lipinski definition) is 4. The molecule has 1 aliphatic heterocycles. The molecule has 0 radical (unpaired) electrons. The number of amides is 2. The smallest absolute Gasteiger partial charge is 0.321 e. The Morgan fingerprint density at radius 3 is 3.08 bits per heavy atom. The maximum absolute atomic E-state index is 13.9. The molecule has 1 aromatic heterocycles. The maximum Gasteiger partial charge on any atom is 0.321 e. The zero-order valence-electron chi connectivity index (χ0n) is 14.4. The van der Waals surface area contributed by atoms with Gasteiger partial charge in [-0.05, 0) is 31.9 Å². The van der Waals surface area contributed by atoms with Crippen LogP contribution in [0.3, 0.4) is 0 Å². The number of anilines is 1. The molecular formula is C17H22FN5O2. The number of piperidine rings is 1. The predicted molar refractivity (Wildman–Crippen MR) is 91.2 cm³/mol. The zero-order chi connectivity index (χ0) is 17.8. The number of likely N-dealkylation sites (tertiary alicyclic amines) is 1. The molecule has 0 spiro atoms. The Morgan fingerprint density at radius 2 is 2.32 bits per heavy atom. The van der Waals surface area contributed by atoms with Crippen molar-refractivity contribution in [2.45, 2.75) is 32.2 Å². The summed E-state index contributed by atoms with van der Waals surface area (Å²) in [7, 11) is 1.50. The topological polar surface area (TPSA) is 72.3 Å². The number of benzene rings is 1. The number of carbonyl (C=O) groups is 1. The molecule has 2 aromatic rings. The van der Waals surface area contributed by atoms with Crippen LogP contribution < -0.4 is 10.1 Å². The van der Waals surface area contributed by atoms with Crippen LogP contribution in [0.15, 0.2) is 24.5 Å². The molecule has 3 rings (SSSR count). The van der Waals surface area contributed by atoms with Gasteiger partial charge in [0.25, 0.3) is 0 Å². The van der Waals surface area contributed by atoms with Crippen LogP contribution in [0.2, 0.25) is 0 Å². The van der Waals surface area contributed by atoms with Crippen molar-refractivity contribution in [3.63, 3.8) is 0 Å². The summed E-state index contributed by atoms with van der Waals surface area (Å²) in [5.74, 6) is 1.03. The first-order valence-corrected chi connectivity index (χ1v) is 8.39. The van der Waals surface area contributed by atoms with Gasteiger partial charge in [-0.2, -0.15) is 0 Å². The minimum Gasteiger partial charge on any atom is -0.497 e. The summed E-state index contributed by atoms with van der Waals surface area (Å²) in [6, 6.07) is 3.94. The van der Waals surface area contributed by atoms with Gasteiger partial charge >= 0.3 is 6.03 Å². The van der Waals surface area contributed by atoms with Gasteiger partial charge in [0.2, 0.25) is 0 Å². The molecule has 1 atom stereocenters. The first-order chi connectivity index (χ1) is 12.1. The molecule has 0 aliphatic carbocycles. The van der Waals surface area contributed by atoms with E-state index in [-0.39, 0.29) is 17.6 Å². The average Bonchev–Trinajstić information content (AvgIpc) is 3.12. The van der Waals surface area contributed by atoms with E-state index < -0.39 is 5.82 Å². The van der Waals surface area contributed by atoms with Crippen LogP contribution in [-0.4, -0.2) is 45.9 Å². The fraction of sp³-hybridized carbons (Fsp3) is 0.471. The van der Waals surface area contributed by atoms with E-state index in [4.69, 9.17) is 4.74 Å². The molecule has 2 amide bonds. The second-order valence-corrected chi connectivity index (χ2v) is 6.04. The largest absolute Gasteiger partial charge is 0.497 e. The Labute approximate surface area is 145 Å². The minimum absolute atomic E-state index is 0.114. The molecule has 2 heterocycles. The molecule has 1 unspecified atom stereocenters. The number of urea groups is 1. The van der Waals surface area contributed by atoms with Gasteiger partial charge in [-0.25, -0.2) is 9.18 Å². The number of rotatable bonds is 4. The van der Waals surface area contributed by atoms with Crippen LogP contribution in [0.5, 0.6) is 5.75 Å². The van der Waals surface area contributed by atoms with Crippen molar-refractivity contribution in [1.29, 1.82) is 0 Å². The number of halogens is 1. The van der Waals surface area contributed by atoms with E-state index in [1.54, 1.807) is 11.2 Å². The third-order valence-electron chi connectivity index (χ3n) is 4.48. The summed E-state index contributed by atoms with van der Waals surface area (Å²) in [5.41, 5.74) is 0.114. The van der Waals surface area contributed by atoms with Gasteiger partial charge < -0.3 is 19.5 Å². The molecule has 1 saturated heterocycles. The predicted octanol–water partition coefficient (Wildman–Crippen LogP) is 2.86. The Morgan fingerprint density at radius 1 is 1.48 bits per heavy atom. The van der Waals surface area contributed by atoms with Gasteiger partial charge in [0.05, 0.1) is 12.8 Å². The van der Waals surface area contributed by atoms with Gasteiger partial charge in [0.15, 0.2) is 0 Å². The summed E-state index contributed by atoms with van der Waals surface area (Å²) in [5, 5.41) is 10.8. The van der Waals surface area contributed by atoms with Gasteiger partial charge in [-0.15, -0.1) is 10.2 Å². The SMILES string of the molecule is CCn1cnnc1C1CCCN(C(=O)Nc2cc(OC)ccc2F)C1. The summed E-state index contributed by atoms with van der Waals surface area (Å²) < 4.78 is 21.0. The number of aromatic nitrogens is 3. The van der Waals surface area contributed by atoms with Crippen molar-refractivity contribution in [2.75, 3.05) is 25.5 Å². The number of aryl methyl sites for hydroxylation is 1. The molecule has 1 N–H and O–H groups in total. The quantitative estimate of drug-likeness (QED) is 0.923. The zero-order valence-corrected chi connectivity index (χ0v) is 14.4. The number of methoxy groups -OCH3 is 1. The van der Waals surface area contributed by atoms with Crippen molar-refractivity contribution >= 4 is 11.7 Å². The van der Waals surface area contributed by atoms with Crippen molar-refractivity contribution in [3.8, 4) is 5.75 Å². The van der Waals surface area contributed by atoms with Crippen LogP contribution in [0.1, 0.15) is 31.5 Å². The number of carbonyl (C=O) groups excluding carboxylic acids is 1. The lowest BCUT2D eigenvalue weighted by Gasteiger charge is -2.32. The summed E-state index contributed by atoms with van der Waals surface area (Å²) >= 11 is 0. The number of nitrogens with zero attached hydrogens (tertiary/aromatic N) is 4. The van der Waals surface area contributed by atoms with Crippen molar-refractivity contribution in [3.05, 3.63) is 36.2 Å². The normalized spacial score (nSPS) is 17.4. The standard InChI is InChI=1S/C17H22FN5O2/c1-3-22-11-19-21-16(22)12-5-4-8-23(10-12)17(24)20-15-9-13(25-2)6-7-14(15)18/h6-7,9,11-12H,3-5,8,10H2,1-2H3,(H,20,24). The summed E-state index contributed by atoms with van der Waals surface area (Å²) in [4.78, 5) is 14.2. The molecule has 7 nitrogen and oxygen atoms in total. The van der Waals surface area contributed by atoms with Crippen LogP contribution in [-0.2, 0) is 6.54 Å². The van der Waals surface area contributed by atoms with E-state index in [9.17, 15) is 9.18 Å². The molecule has 0 saturated carbocycles. The Bertz CT molecular complexity index is 748. The van der Waals surface area contributed by atoms with E-state index >= 15 is 0 Å². The van der Waals surface area contributed by atoms with Crippen LogP contribution in [0.25, 0.3) is 0 Å². The minimum atomic E-state index is -0.492. The third-order valence-corrected chi connectivity index (χ3v) is 4.48. The number of hydrogen-bond donors (Lipinski definition) is 1. The number of ether oxygens (including phenoxy) is 1. The molecule has 1 aromatic carbocycles. The van der Waals surface area contributed by atoms with Crippen molar-refractivity contribution in [1.82, 2.24) is 19.7 Å². The fourth-order valence-corrected chi connectivity index (χ4v) is 3.12. The molecule has 25 heavy (non-hydrogen) atoms. The van der Waals surface area contributed by atoms with Crippen LogP contribution >= 0.6 is 0 Å². The maximum atomic E-state index is 13.9. The van der Waals surface area contributed by atoms with Crippen molar-refractivity contribution in [2.24, 2.45) is 0 Å². The Balaban J connectivity index is 1.70. The molecular weight excluding hydrogens is 325 g/mol. The number of nitrogens with one attached hydrogen (secondary N) is 1. The van der Waals surface area contributed by atoms with Gasteiger partial charge in [0.1, 0.15) is 23.7 Å². The highest BCUT2D eigenvalue weighted by Gasteiger charge is 2.28. The van der Waals surface area contributed by atoms with Crippen LogP contribution in [0, 0.1) is 5.82 Å². The van der Waals surface area contributed by atoms with E-state index in [1.807, 2.05) is 11.5 Å². The molecule has 8 heteroatoms. The van der Waals surface area contributed by atoms with Gasteiger partial charge in [-0.3, -0.25) is 0 Å². The highest BCUT2D eigenvalue weighted by molar-refractivity contribution is 5.89. The second kappa shape index (κ2) is 7.50. The molecule has 1 aliphatic rings. The first kappa shape index (κ1) is 17.2. The highest BCUT2D eigenvalue weighted by Crippen LogP contribution is 2.27. The fourth-order valence-electron chi connectivity index (χ4n) is 3.12. The molecule has 1 fully saturated rings. The lowest BCUT2D eigenvalue weighted by Crippen LogP contribution is -2.42. The lowest BCUT2D eigenvalue weighted by atomic mass is 9.97. The second-order valence-electron chi connectivity index (χ2n) is 6.04. The van der Waals surface area contributed by atoms with E-state index in [0.29, 0.717) is 18.8 Å². The third kappa shape index (κ3) is 3.72. The average molecular weight is 347 g/mol. The van der Waals surface area contributed by atoms with E-state index in [0.717, 1.165) is 25.2 Å². The summed E-state index contributed by atoms with van der Waals surface area (Å²) in [6.45, 7) is 4.00. The van der Waals surface area contributed by atoms with Gasteiger partial charge in [-0.1, -0.05) is 0 Å². The highest BCUT2D eigenvalue weighted by atomic mass is 19.1. The molecule has 134 valence electrons. The van der Waals surface area contributed by atoms with Crippen LogP contribution in [0.4, 0.5) is 14.9 Å². The van der Waals surface area contributed by atoms with E-state index in [1.165, 1.54) is 25.3 Å². The molecule has 0 bridgehead atoms. The van der Waals surface area contributed by atoms with E-state index in [2.05, 4.69) is 15.5 Å².